The number of nitrogens with one attached hydrogen (secondary N) is 1. The van der Waals surface area contributed by atoms with Gasteiger partial charge in [0.1, 0.15) is 9.84 Å². The van der Waals surface area contributed by atoms with Crippen molar-refractivity contribution in [3.05, 3.63) is 29.8 Å². The molecule has 1 atom stereocenters. The third-order valence-corrected chi connectivity index (χ3v) is 5.35. The number of ether oxygens (including phenoxy) is 1. The lowest BCUT2D eigenvalue weighted by molar-refractivity contribution is -0.117. The zero-order valence-corrected chi connectivity index (χ0v) is 15.6. The predicted octanol–water partition coefficient (Wildman–Crippen LogP) is 2.24. The summed E-state index contributed by atoms with van der Waals surface area (Å²) in [5, 5.41) is 2.74. The molecule has 140 valence electrons. The second kappa shape index (κ2) is 9.31. The number of carbonyl (C=O) groups is 1. The van der Waals surface area contributed by atoms with E-state index in [0.717, 1.165) is 24.7 Å². The van der Waals surface area contributed by atoms with Crippen molar-refractivity contribution in [1.82, 2.24) is 0 Å². The number of carbonyl (C=O) groups excluding carboxylic acids is 1. The highest BCUT2D eigenvalue weighted by Gasteiger charge is 2.17. The maximum absolute atomic E-state index is 12.1. The molecule has 0 bridgehead atoms. The van der Waals surface area contributed by atoms with Gasteiger partial charge in [-0.1, -0.05) is 31.4 Å². The molecule has 1 aliphatic rings. The van der Waals surface area contributed by atoms with Crippen LogP contribution in [0.4, 0.5) is 5.69 Å². The Balaban J connectivity index is 1.84. The van der Waals surface area contributed by atoms with E-state index in [1.165, 1.54) is 19.3 Å². The first-order chi connectivity index (χ1) is 11.8. The van der Waals surface area contributed by atoms with E-state index in [0.29, 0.717) is 18.4 Å². The van der Waals surface area contributed by atoms with Crippen LogP contribution in [-0.4, -0.2) is 38.5 Å². The first kappa shape index (κ1) is 19.9. The highest BCUT2D eigenvalue weighted by Crippen LogP contribution is 2.22. The molecular weight excluding hydrogens is 340 g/mol. The summed E-state index contributed by atoms with van der Waals surface area (Å²) in [7, 11) is -3.13. The standard InChI is InChI=1S/C18H28N2O4S/c1-25(22,23)11-10-17(19)18(21)20-15-7-5-6-14(12-15)13-24-16-8-3-2-4-9-16/h5-7,12,16-17H,2-4,8-11,13,19H2,1H3,(H,20,21). The van der Waals surface area contributed by atoms with Crippen LogP contribution in [0.25, 0.3) is 0 Å². The lowest BCUT2D eigenvalue weighted by Crippen LogP contribution is -2.37. The summed E-state index contributed by atoms with van der Waals surface area (Å²) in [5.41, 5.74) is 7.40. The number of hydrogen-bond acceptors (Lipinski definition) is 5. The molecule has 0 radical (unpaired) electrons. The molecule has 6 nitrogen and oxygen atoms in total. The summed E-state index contributed by atoms with van der Waals surface area (Å²) in [6, 6.07) is 6.62. The highest BCUT2D eigenvalue weighted by molar-refractivity contribution is 7.90. The molecule has 2 rings (SSSR count). The van der Waals surface area contributed by atoms with Crippen molar-refractivity contribution < 1.29 is 17.9 Å². The fourth-order valence-corrected chi connectivity index (χ4v) is 3.57. The van der Waals surface area contributed by atoms with E-state index in [9.17, 15) is 13.2 Å². The smallest absolute Gasteiger partial charge is 0.241 e. The van der Waals surface area contributed by atoms with Crippen LogP contribution in [0.5, 0.6) is 0 Å². The molecule has 0 aliphatic heterocycles. The molecule has 25 heavy (non-hydrogen) atoms. The van der Waals surface area contributed by atoms with Gasteiger partial charge in [-0.2, -0.15) is 0 Å². The van der Waals surface area contributed by atoms with Gasteiger partial charge in [-0.05, 0) is 37.0 Å². The van der Waals surface area contributed by atoms with E-state index in [4.69, 9.17) is 10.5 Å². The Morgan fingerprint density at radius 1 is 1.32 bits per heavy atom. The van der Waals surface area contributed by atoms with Gasteiger partial charge in [0, 0.05) is 11.9 Å². The molecule has 1 aromatic rings. The fourth-order valence-electron chi connectivity index (χ4n) is 2.89. The number of rotatable bonds is 8. The Labute approximate surface area is 150 Å². The Morgan fingerprint density at radius 3 is 2.72 bits per heavy atom. The van der Waals surface area contributed by atoms with E-state index in [1.807, 2.05) is 18.2 Å². The molecular formula is C18H28N2O4S. The lowest BCUT2D eigenvalue weighted by atomic mass is 9.98. The summed E-state index contributed by atoms with van der Waals surface area (Å²) in [4.78, 5) is 12.1. The predicted molar refractivity (Wildman–Crippen MR) is 99.0 cm³/mol. The van der Waals surface area contributed by atoms with Gasteiger partial charge >= 0.3 is 0 Å². The van der Waals surface area contributed by atoms with E-state index in [2.05, 4.69) is 5.32 Å². The number of benzene rings is 1. The Kier molecular flexibility index (Phi) is 7.40. The van der Waals surface area contributed by atoms with Crippen molar-refractivity contribution in [2.24, 2.45) is 5.73 Å². The van der Waals surface area contributed by atoms with E-state index in [1.54, 1.807) is 6.07 Å². The molecule has 0 aromatic heterocycles. The first-order valence-electron chi connectivity index (χ1n) is 8.78. The van der Waals surface area contributed by atoms with Crippen LogP contribution in [0.15, 0.2) is 24.3 Å². The second-order valence-electron chi connectivity index (χ2n) is 6.79. The molecule has 1 fully saturated rings. The maximum Gasteiger partial charge on any atom is 0.241 e. The SMILES string of the molecule is CS(=O)(=O)CCC(N)C(=O)Nc1cccc(COC2CCCCC2)c1. The normalized spacial score (nSPS) is 17.2. The van der Waals surface area contributed by atoms with Crippen LogP contribution >= 0.6 is 0 Å². The quantitative estimate of drug-likeness (QED) is 0.733. The summed E-state index contributed by atoms with van der Waals surface area (Å²) in [6.45, 7) is 0.522. The van der Waals surface area contributed by atoms with Gasteiger partial charge in [0.25, 0.3) is 0 Å². The van der Waals surface area contributed by atoms with E-state index < -0.39 is 15.9 Å². The van der Waals surface area contributed by atoms with Gasteiger partial charge in [-0.15, -0.1) is 0 Å². The van der Waals surface area contributed by atoms with Crippen LogP contribution in [0.2, 0.25) is 0 Å². The average Bonchev–Trinajstić information content (AvgIpc) is 2.58. The topological polar surface area (TPSA) is 98.5 Å². The first-order valence-corrected chi connectivity index (χ1v) is 10.8. The third kappa shape index (κ3) is 7.54. The van der Waals surface area contributed by atoms with Crippen molar-refractivity contribution >= 4 is 21.4 Å². The molecule has 1 amide bonds. The van der Waals surface area contributed by atoms with Crippen LogP contribution in [0.3, 0.4) is 0 Å². The number of hydrogen-bond donors (Lipinski definition) is 2. The Morgan fingerprint density at radius 2 is 2.04 bits per heavy atom. The molecule has 0 heterocycles. The monoisotopic (exact) mass is 368 g/mol. The average molecular weight is 368 g/mol. The van der Waals surface area contributed by atoms with Gasteiger partial charge in [0.05, 0.1) is 24.5 Å². The molecule has 1 aliphatic carbocycles. The van der Waals surface area contributed by atoms with E-state index in [-0.39, 0.29) is 18.1 Å². The maximum atomic E-state index is 12.1. The van der Waals surface area contributed by atoms with Gasteiger partial charge in [0.15, 0.2) is 0 Å². The minimum Gasteiger partial charge on any atom is -0.374 e. The minimum atomic E-state index is -3.13. The van der Waals surface area contributed by atoms with Crippen LogP contribution in [0.1, 0.15) is 44.1 Å². The summed E-state index contributed by atoms with van der Waals surface area (Å²) in [6.07, 6.45) is 7.55. The number of sulfone groups is 1. The van der Waals surface area contributed by atoms with Crippen molar-refractivity contribution in [2.45, 2.75) is 57.3 Å². The molecule has 0 spiro atoms. The summed E-state index contributed by atoms with van der Waals surface area (Å²) in [5.74, 6) is -0.481. The minimum absolute atomic E-state index is 0.100. The lowest BCUT2D eigenvalue weighted by Gasteiger charge is -2.22. The summed E-state index contributed by atoms with van der Waals surface area (Å²) < 4.78 is 28.3. The summed E-state index contributed by atoms with van der Waals surface area (Å²) >= 11 is 0. The number of amides is 1. The molecule has 1 unspecified atom stereocenters. The van der Waals surface area contributed by atoms with Crippen molar-refractivity contribution in [2.75, 3.05) is 17.3 Å². The van der Waals surface area contributed by atoms with Crippen molar-refractivity contribution in [3.63, 3.8) is 0 Å². The third-order valence-electron chi connectivity index (χ3n) is 4.37. The molecule has 1 saturated carbocycles. The Bertz CT molecular complexity index is 669. The fraction of sp³-hybridized carbons (Fsp3) is 0.611. The number of anilines is 1. The van der Waals surface area contributed by atoms with Gasteiger partial charge < -0.3 is 15.8 Å². The largest absolute Gasteiger partial charge is 0.374 e. The van der Waals surface area contributed by atoms with Crippen molar-refractivity contribution in [3.8, 4) is 0 Å². The zero-order chi connectivity index (χ0) is 18.3. The van der Waals surface area contributed by atoms with Gasteiger partial charge in [-0.3, -0.25) is 4.79 Å². The Hall–Kier alpha value is -1.44. The van der Waals surface area contributed by atoms with E-state index >= 15 is 0 Å². The molecule has 0 saturated heterocycles. The van der Waals surface area contributed by atoms with Crippen LogP contribution in [-0.2, 0) is 26.0 Å². The molecule has 1 aromatic carbocycles. The zero-order valence-electron chi connectivity index (χ0n) is 14.7. The van der Waals surface area contributed by atoms with Crippen LogP contribution < -0.4 is 11.1 Å². The van der Waals surface area contributed by atoms with Gasteiger partial charge in [0.2, 0.25) is 5.91 Å². The second-order valence-corrected chi connectivity index (χ2v) is 9.05. The van der Waals surface area contributed by atoms with Crippen LogP contribution in [0, 0.1) is 0 Å². The number of nitrogens with two attached hydrogens (primary N) is 1. The molecule has 7 heteroatoms. The van der Waals surface area contributed by atoms with Gasteiger partial charge in [-0.25, -0.2) is 8.42 Å². The van der Waals surface area contributed by atoms with Crippen molar-refractivity contribution in [1.29, 1.82) is 0 Å². The highest BCUT2D eigenvalue weighted by atomic mass is 32.2. The molecule has 3 N–H and O–H groups in total.